The van der Waals surface area contributed by atoms with E-state index in [0.717, 1.165) is 27.9 Å². The SMILES string of the molecule is CC(=O)N(O)CCCCCNC(=O)CCC(=O)N(O)CCCCCNC(=O)CCC(=O)N(O)CCCCCNC(=O)CCC(=O)N1Cc2ccccc2-c2nnn(CCOCCOCCOCCOCCNC(=O)CCc3ccncc3)c2-c2ccccc21. The molecule has 0 atom stereocenters. The number of unbranched alkanes of at least 4 members (excludes halogenated alkanes) is 6. The average Bonchev–Trinajstić information content (AvgIpc) is 1.74. The van der Waals surface area contributed by atoms with E-state index in [1.54, 1.807) is 22.0 Å². The lowest BCUT2D eigenvalue weighted by Crippen LogP contribution is -2.33. The standard InChI is InChI=1S/C62H90N12O15/c1-48(75)72(83)35-12-2-9-29-65-56(78)22-25-59(81)74(85)37-14-4-11-31-66-57(79)23-26-60(82)73(84)36-13-3-10-30-64-55(77)21-24-58(80)70-47-50-15-5-6-16-51(50)61-62(52-17-7-8-18-53(52)70)71(69-68-61)38-40-87-42-44-89-46-45-88-43-41-86-39-34-67-54(76)20-19-49-27-32-63-33-28-49/h5-8,15-18,27-28,32-33,83-85H,2-4,9-14,19-26,29-31,34-47H2,1H3,(H,64,77)(H,65,78)(H,66,79)(H,67,76). The van der Waals surface area contributed by atoms with Gasteiger partial charge in [0.15, 0.2) is 0 Å². The summed E-state index contributed by atoms with van der Waals surface area (Å²) in [5, 5.41) is 51.8. The number of pyridine rings is 1. The van der Waals surface area contributed by atoms with Gasteiger partial charge in [0.25, 0.3) is 0 Å². The van der Waals surface area contributed by atoms with E-state index in [-0.39, 0.29) is 94.2 Å². The number of hydroxylamine groups is 6. The lowest BCUT2D eigenvalue weighted by molar-refractivity contribution is -0.166. The number of rotatable bonds is 45. The highest BCUT2D eigenvalue weighted by Crippen LogP contribution is 2.41. The molecule has 0 spiro atoms. The summed E-state index contributed by atoms with van der Waals surface area (Å²) in [6.07, 6.45) is 9.05. The van der Waals surface area contributed by atoms with Gasteiger partial charge in [0.05, 0.1) is 77.3 Å². The fourth-order valence-corrected chi connectivity index (χ4v) is 9.37. The highest BCUT2D eigenvalue weighted by Gasteiger charge is 2.29. The summed E-state index contributed by atoms with van der Waals surface area (Å²) in [5.41, 5.74) is 5.62. The molecule has 2 aromatic carbocycles. The summed E-state index contributed by atoms with van der Waals surface area (Å²) in [7, 11) is 0. The van der Waals surface area contributed by atoms with Crippen molar-refractivity contribution in [3.63, 3.8) is 0 Å². The van der Waals surface area contributed by atoms with Crippen molar-refractivity contribution in [1.82, 2.24) is 56.4 Å². The Morgan fingerprint density at radius 1 is 0.506 bits per heavy atom. The first-order chi connectivity index (χ1) is 43.2. The predicted molar refractivity (Wildman–Crippen MR) is 325 cm³/mol. The number of ether oxygens (including phenoxy) is 4. The largest absolute Gasteiger partial charge is 0.377 e. The van der Waals surface area contributed by atoms with Gasteiger partial charge in [0.1, 0.15) is 5.69 Å². The number of carbonyl (C=O) groups is 8. The molecule has 1 aliphatic heterocycles. The van der Waals surface area contributed by atoms with Gasteiger partial charge in [-0.05, 0) is 93.5 Å². The molecule has 27 nitrogen and oxygen atoms in total. The monoisotopic (exact) mass is 1240 g/mol. The van der Waals surface area contributed by atoms with Crippen molar-refractivity contribution in [1.29, 1.82) is 0 Å². The van der Waals surface area contributed by atoms with E-state index in [2.05, 4.69) is 36.6 Å². The Bertz CT molecular complexity index is 2810. The molecule has 5 rings (SSSR count). The first kappa shape index (κ1) is 72.0. The van der Waals surface area contributed by atoms with E-state index in [9.17, 15) is 54.0 Å². The van der Waals surface area contributed by atoms with E-state index >= 15 is 0 Å². The molecule has 1 aliphatic rings. The summed E-state index contributed by atoms with van der Waals surface area (Å²) in [5.74, 6) is -2.83. The lowest BCUT2D eigenvalue weighted by Gasteiger charge is -2.28. The summed E-state index contributed by atoms with van der Waals surface area (Å²) in [4.78, 5) is 105. The van der Waals surface area contributed by atoms with Gasteiger partial charge >= 0.3 is 0 Å². The number of hydrogen-bond donors (Lipinski definition) is 7. The summed E-state index contributed by atoms with van der Waals surface area (Å²) in [6.45, 7) is 6.74. The van der Waals surface area contributed by atoms with Crippen LogP contribution in [0.1, 0.15) is 121 Å². The van der Waals surface area contributed by atoms with Gasteiger partial charge in [0.2, 0.25) is 47.3 Å². The van der Waals surface area contributed by atoms with Crippen LogP contribution in [0.25, 0.3) is 22.5 Å². The van der Waals surface area contributed by atoms with Gasteiger partial charge in [0, 0.05) is 121 Å². The van der Waals surface area contributed by atoms with Crippen LogP contribution >= 0.6 is 0 Å². The van der Waals surface area contributed by atoms with Gasteiger partial charge in [-0.1, -0.05) is 47.7 Å². The molecule has 488 valence electrons. The number of amides is 8. The Kier molecular flexibility index (Phi) is 34.1. The van der Waals surface area contributed by atoms with Gasteiger partial charge in [-0.15, -0.1) is 5.10 Å². The first-order valence-corrected chi connectivity index (χ1v) is 30.9. The van der Waals surface area contributed by atoms with E-state index in [1.807, 2.05) is 60.7 Å². The topological polar surface area (TPSA) is 339 Å². The molecular weight excluding hydrogens is 1150 g/mol. The van der Waals surface area contributed by atoms with Crippen LogP contribution < -0.4 is 26.2 Å². The van der Waals surface area contributed by atoms with Crippen molar-refractivity contribution >= 4 is 52.9 Å². The zero-order valence-corrected chi connectivity index (χ0v) is 51.3. The lowest BCUT2D eigenvalue weighted by atomic mass is 9.95. The highest BCUT2D eigenvalue weighted by atomic mass is 16.6. The van der Waals surface area contributed by atoms with Gasteiger partial charge in [-0.3, -0.25) is 59.0 Å². The van der Waals surface area contributed by atoms with Crippen LogP contribution in [0.5, 0.6) is 0 Å². The molecule has 89 heavy (non-hydrogen) atoms. The third-order valence-electron chi connectivity index (χ3n) is 14.4. The number of nitrogens with zero attached hydrogens (tertiary/aromatic N) is 8. The summed E-state index contributed by atoms with van der Waals surface area (Å²) in [6, 6.07) is 19.1. The van der Waals surface area contributed by atoms with Crippen molar-refractivity contribution in [3.05, 3.63) is 84.2 Å². The Hall–Kier alpha value is -7.79. The van der Waals surface area contributed by atoms with Crippen molar-refractivity contribution < 1.29 is 72.9 Å². The minimum atomic E-state index is -0.595. The number of benzene rings is 2. The van der Waals surface area contributed by atoms with E-state index < -0.39 is 17.7 Å². The number of hydrogen-bond acceptors (Lipinski definition) is 18. The number of aryl methyl sites for hydroxylation is 1. The quantitative estimate of drug-likeness (QED) is 0.0181. The van der Waals surface area contributed by atoms with Gasteiger partial charge in [-0.25, -0.2) is 19.9 Å². The molecular formula is C62H90N12O15. The Morgan fingerprint density at radius 2 is 0.978 bits per heavy atom. The second-order valence-corrected chi connectivity index (χ2v) is 21.2. The molecule has 0 radical (unpaired) electrons. The van der Waals surface area contributed by atoms with Crippen LogP contribution in [0, 0.1) is 0 Å². The molecule has 0 bridgehead atoms. The number of para-hydroxylation sites is 1. The van der Waals surface area contributed by atoms with Crippen LogP contribution in [-0.2, 0) is 76.8 Å². The zero-order chi connectivity index (χ0) is 63.9. The maximum atomic E-state index is 14.1. The molecule has 0 aliphatic carbocycles. The van der Waals surface area contributed by atoms with Crippen LogP contribution in [0.3, 0.4) is 0 Å². The van der Waals surface area contributed by atoms with E-state index in [4.69, 9.17) is 18.9 Å². The smallest absolute Gasteiger partial charge is 0.246 e. The maximum absolute atomic E-state index is 14.1. The van der Waals surface area contributed by atoms with Crippen molar-refractivity contribution in [2.75, 3.05) is 104 Å². The molecule has 27 heteroatoms. The highest BCUT2D eigenvalue weighted by molar-refractivity contribution is 6.01. The number of fused-ring (bicyclic) bond motifs is 5. The number of aromatic nitrogens is 4. The molecule has 0 saturated heterocycles. The fourth-order valence-electron chi connectivity index (χ4n) is 9.37. The molecule has 0 unspecified atom stereocenters. The summed E-state index contributed by atoms with van der Waals surface area (Å²) >= 11 is 0. The van der Waals surface area contributed by atoms with Gasteiger partial charge < -0.3 is 45.1 Å². The molecule has 2 aromatic heterocycles. The Balaban J connectivity index is 0.888. The molecule has 8 amide bonds. The van der Waals surface area contributed by atoms with E-state index in [1.165, 1.54) is 6.92 Å². The van der Waals surface area contributed by atoms with Crippen molar-refractivity contribution in [2.45, 2.75) is 129 Å². The van der Waals surface area contributed by atoms with Crippen molar-refractivity contribution in [2.24, 2.45) is 0 Å². The number of carbonyl (C=O) groups excluding carboxylic acids is 8. The summed E-state index contributed by atoms with van der Waals surface area (Å²) < 4.78 is 24.5. The second-order valence-electron chi connectivity index (χ2n) is 21.2. The van der Waals surface area contributed by atoms with Crippen LogP contribution in [0.15, 0.2) is 73.1 Å². The normalized spacial score (nSPS) is 11.5. The minimum absolute atomic E-state index is 0.0255. The average molecular weight is 1240 g/mol. The Labute approximate surface area is 520 Å². The molecule has 4 aromatic rings. The maximum Gasteiger partial charge on any atom is 0.246 e. The Morgan fingerprint density at radius 3 is 1.54 bits per heavy atom. The molecule has 3 heterocycles. The second kappa shape index (κ2) is 42.2. The van der Waals surface area contributed by atoms with Crippen LogP contribution in [0.2, 0.25) is 0 Å². The molecule has 0 fully saturated rings. The predicted octanol–water partition coefficient (Wildman–Crippen LogP) is 4.54. The first-order valence-electron chi connectivity index (χ1n) is 30.9. The number of nitrogens with one attached hydrogen (secondary N) is 4. The fraction of sp³-hybridized carbons (Fsp3) is 0.565. The minimum Gasteiger partial charge on any atom is -0.377 e. The van der Waals surface area contributed by atoms with Crippen LogP contribution in [-0.4, -0.2) is 197 Å². The molecule has 7 N–H and O–H groups in total. The van der Waals surface area contributed by atoms with Crippen LogP contribution in [0.4, 0.5) is 5.69 Å². The van der Waals surface area contributed by atoms with Gasteiger partial charge in [-0.2, -0.15) is 0 Å². The number of anilines is 1. The van der Waals surface area contributed by atoms with E-state index in [0.29, 0.717) is 183 Å². The zero-order valence-electron chi connectivity index (χ0n) is 51.3. The molecule has 0 saturated carbocycles. The third kappa shape index (κ3) is 28.1. The third-order valence-corrected chi connectivity index (χ3v) is 14.4. The van der Waals surface area contributed by atoms with Crippen molar-refractivity contribution in [3.8, 4) is 22.5 Å².